The molecule has 0 saturated heterocycles. The van der Waals surface area contributed by atoms with Crippen LogP contribution >= 0.6 is 0 Å². The van der Waals surface area contributed by atoms with Crippen LogP contribution in [0.15, 0.2) is 22.3 Å². The first-order valence-electron chi connectivity index (χ1n) is 3.80. The third-order valence-electron chi connectivity index (χ3n) is 1.08. The molecule has 0 N–H and O–H groups in total. The van der Waals surface area contributed by atoms with E-state index in [1.165, 1.54) is 0 Å². The Bertz CT molecular complexity index is 188. The first kappa shape index (κ1) is 10.1. The third kappa shape index (κ3) is 4.48. The van der Waals surface area contributed by atoms with Crippen molar-refractivity contribution in [2.24, 2.45) is 15.9 Å². The molecule has 0 aliphatic heterocycles. The van der Waals surface area contributed by atoms with Gasteiger partial charge < -0.3 is 0 Å². The van der Waals surface area contributed by atoms with Gasteiger partial charge in [-0.1, -0.05) is 20.4 Å². The lowest BCUT2D eigenvalue weighted by Gasteiger charge is -2.02. The molecule has 11 heavy (non-hydrogen) atoms. The Balaban J connectivity index is 4.46. The second-order valence-corrected chi connectivity index (χ2v) is 2.75. The minimum Gasteiger partial charge on any atom is -0.246 e. The number of amidine groups is 1. The molecule has 0 fully saturated rings. The van der Waals surface area contributed by atoms with E-state index in [-0.39, 0.29) is 0 Å². The maximum Gasteiger partial charge on any atom is 0.130 e. The van der Waals surface area contributed by atoms with Crippen LogP contribution in [0.2, 0.25) is 0 Å². The Kier molecular flexibility index (Phi) is 4.42. The fourth-order valence-electron chi connectivity index (χ4n) is 0.635. The normalized spacial score (nSPS) is 13.0. The van der Waals surface area contributed by atoms with Gasteiger partial charge in [0.2, 0.25) is 0 Å². The van der Waals surface area contributed by atoms with Crippen molar-refractivity contribution < 1.29 is 0 Å². The minimum atomic E-state index is 0.364. The number of hydrogen-bond donors (Lipinski definition) is 0. The van der Waals surface area contributed by atoms with E-state index in [9.17, 15) is 0 Å². The molecule has 0 atom stereocenters. The molecule has 0 heterocycles. The lowest BCUT2D eigenvalue weighted by atomic mass is 10.2. The Hall–Kier alpha value is -0.920. The van der Waals surface area contributed by atoms with Crippen LogP contribution in [-0.4, -0.2) is 12.1 Å². The van der Waals surface area contributed by atoms with E-state index in [1.54, 1.807) is 6.21 Å². The van der Waals surface area contributed by atoms with Gasteiger partial charge in [-0.25, -0.2) is 9.98 Å². The molecular formula is C9H16N2. The molecule has 0 radical (unpaired) electrons. The standard InChI is InChI=1S/C9H16N2/c1-6-10-9(7(2)3)11-8(4)5/h6-7H,4H2,1-3,5H3/b10-6-,11-9-. The van der Waals surface area contributed by atoms with Gasteiger partial charge in [-0.3, -0.25) is 0 Å². The van der Waals surface area contributed by atoms with Gasteiger partial charge in [0.05, 0.1) is 0 Å². The van der Waals surface area contributed by atoms with Gasteiger partial charge in [0.15, 0.2) is 0 Å². The van der Waals surface area contributed by atoms with Crippen LogP contribution in [0.3, 0.4) is 0 Å². The predicted octanol–water partition coefficient (Wildman–Crippen LogP) is 2.67. The zero-order chi connectivity index (χ0) is 8.85. The molecule has 0 aliphatic carbocycles. The Morgan fingerprint density at radius 2 is 2.00 bits per heavy atom. The van der Waals surface area contributed by atoms with Crippen LogP contribution in [0.1, 0.15) is 27.7 Å². The molecular weight excluding hydrogens is 136 g/mol. The summed E-state index contributed by atoms with van der Waals surface area (Å²) in [5.74, 6) is 1.21. The zero-order valence-electron chi connectivity index (χ0n) is 7.76. The lowest BCUT2D eigenvalue weighted by Crippen LogP contribution is -2.04. The fourth-order valence-corrected chi connectivity index (χ4v) is 0.635. The van der Waals surface area contributed by atoms with E-state index in [1.807, 2.05) is 13.8 Å². The van der Waals surface area contributed by atoms with Gasteiger partial charge >= 0.3 is 0 Å². The molecule has 0 aromatic rings. The van der Waals surface area contributed by atoms with Gasteiger partial charge in [0.1, 0.15) is 5.84 Å². The quantitative estimate of drug-likeness (QED) is 0.429. The van der Waals surface area contributed by atoms with E-state index in [2.05, 4.69) is 30.4 Å². The second-order valence-electron chi connectivity index (χ2n) is 2.75. The molecule has 0 amide bonds. The van der Waals surface area contributed by atoms with Crippen LogP contribution in [0.4, 0.5) is 0 Å². The summed E-state index contributed by atoms with van der Waals surface area (Å²) < 4.78 is 0. The van der Waals surface area contributed by atoms with Crippen molar-refractivity contribution in [3.05, 3.63) is 12.3 Å². The lowest BCUT2D eigenvalue weighted by molar-refractivity contribution is 0.870. The van der Waals surface area contributed by atoms with Crippen molar-refractivity contribution in [1.29, 1.82) is 0 Å². The average molecular weight is 152 g/mol. The molecule has 62 valence electrons. The summed E-state index contributed by atoms with van der Waals surface area (Å²) in [6, 6.07) is 0. The Morgan fingerprint density at radius 3 is 2.27 bits per heavy atom. The summed E-state index contributed by atoms with van der Waals surface area (Å²) in [6.45, 7) is 11.6. The van der Waals surface area contributed by atoms with Crippen LogP contribution in [0.25, 0.3) is 0 Å². The van der Waals surface area contributed by atoms with Crippen molar-refractivity contribution in [2.45, 2.75) is 27.7 Å². The molecule has 2 heteroatoms. The summed E-state index contributed by atoms with van der Waals surface area (Å²) in [7, 11) is 0. The molecule has 0 aliphatic rings. The summed E-state index contributed by atoms with van der Waals surface area (Å²) in [5.41, 5.74) is 0.805. The predicted molar refractivity (Wildman–Crippen MR) is 51.3 cm³/mol. The molecule has 0 rings (SSSR count). The van der Waals surface area contributed by atoms with Gasteiger partial charge in [0, 0.05) is 17.8 Å². The number of nitrogens with zero attached hydrogens (tertiary/aromatic N) is 2. The summed E-state index contributed by atoms with van der Waals surface area (Å²) in [5, 5.41) is 0. The average Bonchev–Trinajstić information content (AvgIpc) is 1.86. The number of allylic oxidation sites excluding steroid dienone is 1. The Morgan fingerprint density at radius 1 is 1.45 bits per heavy atom. The molecule has 0 bridgehead atoms. The fraction of sp³-hybridized carbons (Fsp3) is 0.556. The van der Waals surface area contributed by atoms with Gasteiger partial charge in [-0.15, -0.1) is 0 Å². The van der Waals surface area contributed by atoms with Gasteiger partial charge in [-0.05, 0) is 13.8 Å². The van der Waals surface area contributed by atoms with Crippen molar-refractivity contribution in [1.82, 2.24) is 0 Å². The minimum absolute atomic E-state index is 0.364. The van der Waals surface area contributed by atoms with E-state index in [0.29, 0.717) is 5.92 Å². The number of rotatable bonds is 2. The van der Waals surface area contributed by atoms with Gasteiger partial charge in [0.25, 0.3) is 0 Å². The first-order chi connectivity index (χ1) is 5.07. The summed E-state index contributed by atoms with van der Waals surface area (Å²) >= 11 is 0. The van der Waals surface area contributed by atoms with Crippen LogP contribution in [0, 0.1) is 5.92 Å². The van der Waals surface area contributed by atoms with E-state index in [0.717, 1.165) is 11.5 Å². The highest BCUT2D eigenvalue weighted by atomic mass is 14.9. The molecule has 0 aromatic carbocycles. The van der Waals surface area contributed by atoms with E-state index < -0.39 is 0 Å². The Labute approximate surface area is 68.8 Å². The first-order valence-corrected chi connectivity index (χ1v) is 3.80. The largest absolute Gasteiger partial charge is 0.246 e. The zero-order valence-corrected chi connectivity index (χ0v) is 7.76. The molecule has 0 unspecified atom stereocenters. The summed E-state index contributed by atoms with van der Waals surface area (Å²) in [6.07, 6.45) is 1.75. The van der Waals surface area contributed by atoms with E-state index in [4.69, 9.17) is 0 Å². The van der Waals surface area contributed by atoms with Crippen LogP contribution in [-0.2, 0) is 0 Å². The second kappa shape index (κ2) is 4.83. The summed E-state index contributed by atoms with van der Waals surface area (Å²) in [4.78, 5) is 8.32. The van der Waals surface area contributed by atoms with E-state index >= 15 is 0 Å². The topological polar surface area (TPSA) is 24.7 Å². The highest BCUT2D eigenvalue weighted by Gasteiger charge is 2.00. The maximum absolute atomic E-state index is 4.19. The van der Waals surface area contributed by atoms with Crippen molar-refractivity contribution in [3.63, 3.8) is 0 Å². The molecule has 0 aromatic heterocycles. The van der Waals surface area contributed by atoms with Crippen molar-refractivity contribution in [2.75, 3.05) is 0 Å². The SMILES string of the molecule is C=C(C)/N=C(\N=C/C)C(C)C. The van der Waals surface area contributed by atoms with Crippen LogP contribution in [0.5, 0.6) is 0 Å². The highest BCUT2D eigenvalue weighted by molar-refractivity contribution is 5.91. The monoisotopic (exact) mass is 152 g/mol. The highest BCUT2D eigenvalue weighted by Crippen LogP contribution is 2.02. The van der Waals surface area contributed by atoms with Crippen LogP contribution < -0.4 is 0 Å². The molecule has 0 spiro atoms. The third-order valence-corrected chi connectivity index (χ3v) is 1.08. The van der Waals surface area contributed by atoms with Crippen molar-refractivity contribution in [3.8, 4) is 0 Å². The van der Waals surface area contributed by atoms with Gasteiger partial charge in [-0.2, -0.15) is 0 Å². The smallest absolute Gasteiger partial charge is 0.130 e. The molecule has 2 nitrogen and oxygen atoms in total. The van der Waals surface area contributed by atoms with Crippen molar-refractivity contribution >= 4 is 12.1 Å². The maximum atomic E-state index is 4.19. The molecule has 0 saturated carbocycles. The number of hydrogen-bond acceptors (Lipinski definition) is 1. The number of aliphatic imine (C=N–C) groups is 2.